The highest BCUT2D eigenvalue weighted by atomic mass is 16.6. The molecule has 98 valence electrons. The van der Waals surface area contributed by atoms with Crippen molar-refractivity contribution in [2.45, 2.75) is 38.8 Å². The van der Waals surface area contributed by atoms with Gasteiger partial charge in [-0.3, -0.25) is 10.1 Å². The molecule has 1 N–H and O–H groups in total. The first-order valence-corrected chi connectivity index (χ1v) is 6.21. The van der Waals surface area contributed by atoms with E-state index in [0.717, 1.165) is 25.0 Å². The summed E-state index contributed by atoms with van der Waals surface area (Å²) in [5.41, 5.74) is 1.57. The number of nitro groups is 1. The molecule has 0 saturated carbocycles. The van der Waals surface area contributed by atoms with Gasteiger partial charge in [-0.25, -0.2) is 0 Å². The predicted molar refractivity (Wildman–Crippen MR) is 69.9 cm³/mol. The molecule has 1 aromatic carbocycles. The Morgan fingerprint density at radius 3 is 2.94 bits per heavy atom. The van der Waals surface area contributed by atoms with Crippen molar-refractivity contribution in [3.8, 4) is 0 Å². The largest absolute Gasteiger partial charge is 0.376 e. The van der Waals surface area contributed by atoms with Crippen LogP contribution >= 0.6 is 0 Å². The lowest BCUT2D eigenvalue weighted by Gasteiger charge is -2.21. The van der Waals surface area contributed by atoms with E-state index < -0.39 is 0 Å². The molecule has 1 heterocycles. The first-order chi connectivity index (χ1) is 8.58. The molecule has 0 aliphatic carbocycles. The van der Waals surface area contributed by atoms with Gasteiger partial charge >= 0.3 is 0 Å². The van der Waals surface area contributed by atoms with Crippen LogP contribution in [0.5, 0.6) is 0 Å². The van der Waals surface area contributed by atoms with Crippen LogP contribution in [0.2, 0.25) is 0 Å². The maximum absolute atomic E-state index is 11.0. The van der Waals surface area contributed by atoms with Crippen molar-refractivity contribution in [1.29, 1.82) is 0 Å². The molecule has 1 aromatic rings. The molecule has 1 aliphatic heterocycles. The van der Waals surface area contributed by atoms with E-state index in [4.69, 9.17) is 4.74 Å². The van der Waals surface area contributed by atoms with E-state index in [2.05, 4.69) is 5.32 Å². The quantitative estimate of drug-likeness (QED) is 0.659. The van der Waals surface area contributed by atoms with Crippen molar-refractivity contribution >= 4 is 11.4 Å². The van der Waals surface area contributed by atoms with E-state index in [-0.39, 0.29) is 22.8 Å². The molecule has 0 radical (unpaired) electrons. The van der Waals surface area contributed by atoms with Crippen LogP contribution in [0.4, 0.5) is 11.4 Å². The summed E-state index contributed by atoms with van der Waals surface area (Å²) >= 11 is 0. The number of benzene rings is 1. The highest BCUT2D eigenvalue weighted by Gasteiger charge is 2.24. The van der Waals surface area contributed by atoms with Gasteiger partial charge in [-0.1, -0.05) is 6.07 Å². The Hall–Kier alpha value is -1.62. The Kier molecular flexibility index (Phi) is 3.81. The summed E-state index contributed by atoms with van der Waals surface area (Å²) in [5, 5.41) is 14.2. The van der Waals surface area contributed by atoms with Crippen LogP contribution in [0.3, 0.4) is 0 Å². The van der Waals surface area contributed by atoms with Gasteiger partial charge in [0.2, 0.25) is 0 Å². The van der Waals surface area contributed by atoms with Crippen LogP contribution in [0.25, 0.3) is 0 Å². The number of hydrogen-bond acceptors (Lipinski definition) is 4. The van der Waals surface area contributed by atoms with Gasteiger partial charge in [0, 0.05) is 18.7 Å². The third-order valence-electron chi connectivity index (χ3n) is 3.26. The van der Waals surface area contributed by atoms with Gasteiger partial charge in [0.25, 0.3) is 5.69 Å². The molecule has 1 saturated heterocycles. The number of ether oxygens (including phenoxy) is 1. The molecule has 18 heavy (non-hydrogen) atoms. The molecule has 0 aromatic heterocycles. The second kappa shape index (κ2) is 5.35. The number of anilines is 1. The molecular formula is C13H18N2O3. The molecule has 2 atom stereocenters. The lowest BCUT2D eigenvalue weighted by Crippen LogP contribution is -2.30. The maximum Gasteiger partial charge on any atom is 0.292 e. The van der Waals surface area contributed by atoms with Crippen LogP contribution in [0, 0.1) is 17.0 Å². The molecule has 0 amide bonds. The summed E-state index contributed by atoms with van der Waals surface area (Å²) < 4.78 is 5.58. The second-order valence-electron chi connectivity index (χ2n) is 4.76. The van der Waals surface area contributed by atoms with E-state index >= 15 is 0 Å². The fraction of sp³-hybridized carbons (Fsp3) is 0.538. The number of nitrogens with one attached hydrogen (secondary N) is 1. The molecular weight excluding hydrogens is 232 g/mol. The molecule has 2 unspecified atom stereocenters. The first-order valence-electron chi connectivity index (χ1n) is 6.21. The molecule has 1 fully saturated rings. The maximum atomic E-state index is 11.0. The van der Waals surface area contributed by atoms with Crippen LogP contribution in [0.15, 0.2) is 18.2 Å². The standard InChI is InChI=1S/C13H18N2O3/c1-9-5-6-11(12(8-9)15(16)17)14-10(2)13-4-3-7-18-13/h5-6,8,10,13-14H,3-4,7H2,1-2H3. The molecule has 1 aliphatic rings. The van der Waals surface area contributed by atoms with Gasteiger partial charge in [0.05, 0.1) is 11.0 Å². The van der Waals surface area contributed by atoms with Gasteiger partial charge in [-0.15, -0.1) is 0 Å². The summed E-state index contributed by atoms with van der Waals surface area (Å²) in [7, 11) is 0. The minimum atomic E-state index is -0.350. The van der Waals surface area contributed by atoms with Crippen molar-refractivity contribution in [3.05, 3.63) is 33.9 Å². The molecule has 2 rings (SSSR count). The third kappa shape index (κ3) is 2.79. The topological polar surface area (TPSA) is 64.4 Å². The Morgan fingerprint density at radius 2 is 2.33 bits per heavy atom. The molecule has 5 heteroatoms. The van der Waals surface area contributed by atoms with Crippen molar-refractivity contribution in [2.75, 3.05) is 11.9 Å². The molecule has 0 bridgehead atoms. The van der Waals surface area contributed by atoms with Crippen LogP contribution in [-0.2, 0) is 4.74 Å². The Labute approximate surface area is 106 Å². The van der Waals surface area contributed by atoms with Gasteiger partial charge < -0.3 is 10.1 Å². The van der Waals surface area contributed by atoms with E-state index in [1.165, 1.54) is 0 Å². The number of nitro benzene ring substituents is 1. The first kappa shape index (κ1) is 12.8. The molecule has 5 nitrogen and oxygen atoms in total. The van der Waals surface area contributed by atoms with Crippen LogP contribution in [-0.4, -0.2) is 23.7 Å². The van der Waals surface area contributed by atoms with Crippen molar-refractivity contribution < 1.29 is 9.66 Å². The van der Waals surface area contributed by atoms with Gasteiger partial charge in [-0.2, -0.15) is 0 Å². The number of nitrogens with zero attached hydrogens (tertiary/aromatic N) is 1. The Bertz CT molecular complexity index is 442. The smallest absolute Gasteiger partial charge is 0.292 e. The van der Waals surface area contributed by atoms with Gasteiger partial charge in [0.1, 0.15) is 5.69 Å². The van der Waals surface area contributed by atoms with E-state index in [9.17, 15) is 10.1 Å². The zero-order valence-corrected chi connectivity index (χ0v) is 10.7. The molecule has 0 spiro atoms. The second-order valence-corrected chi connectivity index (χ2v) is 4.76. The fourth-order valence-corrected chi connectivity index (χ4v) is 2.25. The minimum absolute atomic E-state index is 0.0777. The summed E-state index contributed by atoms with van der Waals surface area (Å²) in [6.07, 6.45) is 2.21. The number of rotatable bonds is 4. The van der Waals surface area contributed by atoms with E-state index in [1.54, 1.807) is 12.1 Å². The summed E-state index contributed by atoms with van der Waals surface area (Å²) in [6.45, 7) is 4.63. The van der Waals surface area contributed by atoms with E-state index in [0.29, 0.717) is 5.69 Å². The SMILES string of the molecule is Cc1ccc(NC(C)C2CCCO2)c([N+](=O)[O-])c1. The average molecular weight is 250 g/mol. The third-order valence-corrected chi connectivity index (χ3v) is 3.26. The van der Waals surface area contributed by atoms with Gasteiger partial charge in [-0.05, 0) is 38.3 Å². The zero-order valence-electron chi connectivity index (χ0n) is 10.7. The Balaban J connectivity index is 2.15. The summed E-state index contributed by atoms with van der Waals surface area (Å²) in [5.74, 6) is 0. The van der Waals surface area contributed by atoms with Crippen molar-refractivity contribution in [1.82, 2.24) is 0 Å². The van der Waals surface area contributed by atoms with Crippen LogP contribution < -0.4 is 5.32 Å². The zero-order chi connectivity index (χ0) is 13.1. The normalized spacial score (nSPS) is 20.7. The summed E-state index contributed by atoms with van der Waals surface area (Å²) in [4.78, 5) is 10.7. The fourth-order valence-electron chi connectivity index (χ4n) is 2.25. The minimum Gasteiger partial charge on any atom is -0.376 e. The van der Waals surface area contributed by atoms with Gasteiger partial charge in [0.15, 0.2) is 0 Å². The van der Waals surface area contributed by atoms with Crippen molar-refractivity contribution in [3.63, 3.8) is 0 Å². The lowest BCUT2D eigenvalue weighted by molar-refractivity contribution is -0.384. The highest BCUT2D eigenvalue weighted by molar-refractivity contribution is 5.63. The average Bonchev–Trinajstić information content (AvgIpc) is 2.84. The number of hydrogen-bond donors (Lipinski definition) is 1. The Morgan fingerprint density at radius 1 is 1.56 bits per heavy atom. The monoisotopic (exact) mass is 250 g/mol. The van der Waals surface area contributed by atoms with Crippen LogP contribution in [0.1, 0.15) is 25.3 Å². The summed E-state index contributed by atoms with van der Waals surface area (Å²) in [6, 6.07) is 5.30. The highest BCUT2D eigenvalue weighted by Crippen LogP contribution is 2.27. The lowest BCUT2D eigenvalue weighted by atomic mass is 10.1. The van der Waals surface area contributed by atoms with E-state index in [1.807, 2.05) is 19.9 Å². The van der Waals surface area contributed by atoms with Crippen molar-refractivity contribution in [2.24, 2.45) is 0 Å². The predicted octanol–water partition coefficient (Wildman–Crippen LogP) is 2.88. The number of aryl methyl sites for hydroxylation is 1.